The average Bonchev–Trinajstić information content (AvgIpc) is 2.88. The first-order valence-electron chi connectivity index (χ1n) is 10.6. The molecule has 0 radical (unpaired) electrons. The van der Waals surface area contributed by atoms with E-state index in [-0.39, 0.29) is 29.6 Å². The minimum atomic E-state index is -3.81. The Balaban J connectivity index is 1.53. The third-order valence-electron chi connectivity index (χ3n) is 5.76. The molecule has 1 aliphatic heterocycles. The summed E-state index contributed by atoms with van der Waals surface area (Å²) in [5.74, 6) is 0.581. The van der Waals surface area contributed by atoms with Gasteiger partial charge in [-0.15, -0.1) is 0 Å². The average molecular weight is 467 g/mol. The maximum Gasteiger partial charge on any atom is 0.254 e. The van der Waals surface area contributed by atoms with Gasteiger partial charge in [0, 0.05) is 37.8 Å². The van der Waals surface area contributed by atoms with Gasteiger partial charge in [0.2, 0.25) is 10.0 Å². The molecule has 1 saturated heterocycles. The Morgan fingerprint density at radius 1 is 0.818 bits per heavy atom. The maximum atomic E-state index is 13.3. The number of benzene rings is 3. The summed E-state index contributed by atoms with van der Waals surface area (Å²) in [5.41, 5.74) is 2.43. The maximum absolute atomic E-state index is 13.3. The van der Waals surface area contributed by atoms with Crippen LogP contribution in [-0.2, 0) is 10.0 Å². The second-order valence-electron chi connectivity index (χ2n) is 7.62. The van der Waals surface area contributed by atoms with Crippen LogP contribution in [0, 0.1) is 0 Å². The van der Waals surface area contributed by atoms with Crippen molar-refractivity contribution in [2.75, 3.05) is 40.4 Å². The molecule has 7 nitrogen and oxygen atoms in total. The molecule has 8 heteroatoms. The van der Waals surface area contributed by atoms with Crippen LogP contribution in [0.4, 0.5) is 0 Å². The van der Waals surface area contributed by atoms with E-state index in [9.17, 15) is 13.2 Å². The van der Waals surface area contributed by atoms with Crippen LogP contribution in [0.5, 0.6) is 11.5 Å². The topological polar surface area (TPSA) is 76.2 Å². The molecule has 1 amide bonds. The summed E-state index contributed by atoms with van der Waals surface area (Å²) in [6.07, 6.45) is 0. The van der Waals surface area contributed by atoms with E-state index < -0.39 is 10.0 Å². The van der Waals surface area contributed by atoms with Gasteiger partial charge in [0.15, 0.2) is 0 Å². The summed E-state index contributed by atoms with van der Waals surface area (Å²) in [7, 11) is -0.898. The molecule has 1 aliphatic rings. The lowest BCUT2D eigenvalue weighted by atomic mass is 9.99. The fourth-order valence-corrected chi connectivity index (χ4v) is 5.56. The van der Waals surface area contributed by atoms with Crippen LogP contribution in [0.3, 0.4) is 0 Å². The number of ether oxygens (including phenoxy) is 2. The van der Waals surface area contributed by atoms with Crippen LogP contribution >= 0.6 is 0 Å². The molecule has 3 aromatic rings. The zero-order valence-electron chi connectivity index (χ0n) is 18.6. The molecule has 172 valence electrons. The fraction of sp³-hybridized carbons (Fsp3) is 0.240. The molecule has 3 aromatic carbocycles. The number of nitrogens with zero attached hydrogens (tertiary/aromatic N) is 2. The van der Waals surface area contributed by atoms with Crippen LogP contribution < -0.4 is 9.47 Å². The SMILES string of the molecule is COc1ccc(OC)c(S(=O)(=O)N2CCN(C(=O)c3ccccc3-c3ccccc3)CC2)c1. The predicted molar refractivity (Wildman–Crippen MR) is 126 cm³/mol. The quantitative estimate of drug-likeness (QED) is 0.556. The van der Waals surface area contributed by atoms with E-state index in [4.69, 9.17) is 9.47 Å². The lowest BCUT2D eigenvalue weighted by molar-refractivity contribution is 0.0698. The standard InChI is InChI=1S/C25H26N2O5S/c1-31-20-12-13-23(32-2)24(18-20)33(29,30)27-16-14-26(15-17-27)25(28)22-11-7-6-10-21(22)19-8-4-3-5-9-19/h3-13,18H,14-17H2,1-2H3. The number of hydrogen-bond acceptors (Lipinski definition) is 5. The van der Waals surface area contributed by atoms with Gasteiger partial charge in [-0.25, -0.2) is 8.42 Å². The molecule has 0 N–H and O–H groups in total. The lowest BCUT2D eigenvalue weighted by Gasteiger charge is -2.34. The highest BCUT2D eigenvalue weighted by Gasteiger charge is 2.33. The van der Waals surface area contributed by atoms with Gasteiger partial charge in [0.05, 0.1) is 14.2 Å². The first-order chi connectivity index (χ1) is 16.0. The van der Waals surface area contributed by atoms with Gasteiger partial charge in [-0.2, -0.15) is 4.31 Å². The van der Waals surface area contributed by atoms with Crippen molar-refractivity contribution in [2.45, 2.75) is 4.90 Å². The largest absolute Gasteiger partial charge is 0.497 e. The normalized spacial score (nSPS) is 14.7. The summed E-state index contributed by atoms with van der Waals surface area (Å²) in [5, 5.41) is 0. The molecule has 0 unspecified atom stereocenters. The molecule has 0 spiro atoms. The highest BCUT2D eigenvalue weighted by molar-refractivity contribution is 7.89. The second kappa shape index (κ2) is 9.64. The highest BCUT2D eigenvalue weighted by Crippen LogP contribution is 2.31. The molecular weight excluding hydrogens is 440 g/mol. The third-order valence-corrected chi connectivity index (χ3v) is 7.68. The molecule has 0 aliphatic carbocycles. The fourth-order valence-electron chi connectivity index (χ4n) is 3.97. The minimum Gasteiger partial charge on any atom is -0.497 e. The van der Waals surface area contributed by atoms with Gasteiger partial charge in [-0.3, -0.25) is 4.79 Å². The molecule has 0 bridgehead atoms. The summed E-state index contributed by atoms with van der Waals surface area (Å²) in [4.78, 5) is 15.1. The van der Waals surface area contributed by atoms with Crippen LogP contribution in [0.1, 0.15) is 10.4 Å². The molecule has 1 fully saturated rings. The zero-order chi connectivity index (χ0) is 23.4. The number of methoxy groups -OCH3 is 2. The van der Waals surface area contributed by atoms with E-state index in [1.165, 1.54) is 24.6 Å². The number of sulfonamides is 1. The van der Waals surface area contributed by atoms with Crippen molar-refractivity contribution < 1.29 is 22.7 Å². The van der Waals surface area contributed by atoms with E-state index >= 15 is 0 Å². The Morgan fingerprint density at radius 3 is 2.15 bits per heavy atom. The molecule has 0 aromatic heterocycles. The monoisotopic (exact) mass is 466 g/mol. The van der Waals surface area contributed by atoms with Crippen molar-refractivity contribution in [3.63, 3.8) is 0 Å². The zero-order valence-corrected chi connectivity index (χ0v) is 19.4. The minimum absolute atomic E-state index is 0.0542. The number of rotatable bonds is 6. The van der Waals surface area contributed by atoms with Gasteiger partial charge >= 0.3 is 0 Å². The molecular formula is C25H26N2O5S. The van der Waals surface area contributed by atoms with E-state index in [1.54, 1.807) is 17.0 Å². The summed E-state index contributed by atoms with van der Waals surface area (Å²) >= 11 is 0. The Hall–Kier alpha value is -3.36. The van der Waals surface area contributed by atoms with Crippen LogP contribution in [-0.4, -0.2) is 63.9 Å². The van der Waals surface area contributed by atoms with Gasteiger partial charge in [-0.05, 0) is 29.3 Å². The first kappa shape index (κ1) is 22.8. The Bertz CT molecular complexity index is 1240. The molecule has 1 heterocycles. The van der Waals surface area contributed by atoms with Crippen molar-refractivity contribution >= 4 is 15.9 Å². The van der Waals surface area contributed by atoms with E-state index in [1.807, 2.05) is 54.6 Å². The predicted octanol–water partition coefficient (Wildman–Crippen LogP) is 3.52. The second-order valence-corrected chi connectivity index (χ2v) is 9.53. The smallest absolute Gasteiger partial charge is 0.254 e. The first-order valence-corrected chi connectivity index (χ1v) is 12.1. The van der Waals surface area contributed by atoms with E-state index in [2.05, 4.69) is 0 Å². The van der Waals surface area contributed by atoms with Crippen molar-refractivity contribution in [1.82, 2.24) is 9.21 Å². The highest BCUT2D eigenvalue weighted by atomic mass is 32.2. The van der Waals surface area contributed by atoms with Crippen LogP contribution in [0.15, 0.2) is 77.7 Å². The van der Waals surface area contributed by atoms with Crippen LogP contribution in [0.2, 0.25) is 0 Å². The Labute approximate surface area is 194 Å². The number of piperazine rings is 1. The third kappa shape index (κ3) is 4.58. The van der Waals surface area contributed by atoms with E-state index in [0.29, 0.717) is 24.4 Å². The Morgan fingerprint density at radius 2 is 1.48 bits per heavy atom. The summed E-state index contributed by atoms with van der Waals surface area (Å²) in [6.45, 7) is 0.991. The van der Waals surface area contributed by atoms with E-state index in [0.717, 1.165) is 11.1 Å². The summed E-state index contributed by atoms with van der Waals surface area (Å²) < 4.78 is 38.5. The van der Waals surface area contributed by atoms with Crippen molar-refractivity contribution in [1.29, 1.82) is 0 Å². The van der Waals surface area contributed by atoms with Gasteiger partial charge < -0.3 is 14.4 Å². The molecule has 0 atom stereocenters. The number of carbonyl (C=O) groups excluding carboxylic acids is 1. The van der Waals surface area contributed by atoms with Gasteiger partial charge in [0.25, 0.3) is 5.91 Å². The van der Waals surface area contributed by atoms with Crippen molar-refractivity contribution in [2.24, 2.45) is 0 Å². The number of carbonyl (C=O) groups is 1. The lowest BCUT2D eigenvalue weighted by Crippen LogP contribution is -2.50. The van der Waals surface area contributed by atoms with Gasteiger partial charge in [0.1, 0.15) is 16.4 Å². The molecule has 4 rings (SSSR count). The van der Waals surface area contributed by atoms with Crippen molar-refractivity contribution in [3.05, 3.63) is 78.4 Å². The molecule has 0 saturated carbocycles. The summed E-state index contributed by atoms with van der Waals surface area (Å²) in [6, 6.07) is 21.9. The number of amides is 1. The van der Waals surface area contributed by atoms with Crippen molar-refractivity contribution in [3.8, 4) is 22.6 Å². The van der Waals surface area contributed by atoms with Crippen LogP contribution in [0.25, 0.3) is 11.1 Å². The number of hydrogen-bond donors (Lipinski definition) is 0. The Kier molecular flexibility index (Phi) is 6.67. The van der Waals surface area contributed by atoms with Gasteiger partial charge in [-0.1, -0.05) is 48.5 Å². The molecule has 33 heavy (non-hydrogen) atoms.